The molecule has 22 heavy (non-hydrogen) atoms. The summed E-state index contributed by atoms with van der Waals surface area (Å²) in [6.07, 6.45) is 1.84. The molecule has 1 nitrogen and oxygen atoms in total. The van der Waals surface area contributed by atoms with E-state index in [0.717, 1.165) is 18.8 Å². The summed E-state index contributed by atoms with van der Waals surface area (Å²) in [7, 11) is 0. The lowest BCUT2D eigenvalue weighted by Gasteiger charge is -2.29. The predicted octanol–water partition coefficient (Wildman–Crippen LogP) is 6.77. The van der Waals surface area contributed by atoms with Crippen molar-refractivity contribution in [1.82, 2.24) is 4.72 Å². The van der Waals surface area contributed by atoms with Crippen LogP contribution in [0.4, 0.5) is 4.39 Å². The van der Waals surface area contributed by atoms with E-state index in [9.17, 15) is 4.39 Å². The molecule has 0 bridgehead atoms. The zero-order valence-electron chi connectivity index (χ0n) is 15.5. The van der Waals surface area contributed by atoms with E-state index < -0.39 is 0 Å². The largest absolute Gasteiger partial charge is 0.256 e. The molecule has 0 spiro atoms. The Morgan fingerprint density at radius 2 is 1.59 bits per heavy atom. The highest BCUT2D eigenvalue weighted by molar-refractivity contribution is 7.78. The van der Waals surface area contributed by atoms with Crippen LogP contribution in [-0.2, 0) is 5.54 Å². The maximum Gasteiger partial charge on any atom is 0.128 e. The molecule has 1 aromatic rings. The molecule has 0 saturated carbocycles. The van der Waals surface area contributed by atoms with E-state index >= 15 is 0 Å². The molecular weight excluding hydrogens is 293 g/mol. The smallest absolute Gasteiger partial charge is 0.128 e. The number of thiol groups is 1. The average molecular weight is 330 g/mol. The minimum absolute atomic E-state index is 0.176. The van der Waals surface area contributed by atoms with E-state index in [1.165, 1.54) is 6.07 Å². The van der Waals surface area contributed by atoms with E-state index in [1.807, 2.05) is 26.8 Å². The summed E-state index contributed by atoms with van der Waals surface area (Å²) >= 11 is 4.08. The van der Waals surface area contributed by atoms with Crippen LogP contribution >= 0.6 is 12.8 Å². The van der Waals surface area contributed by atoms with Gasteiger partial charge in [-0.3, -0.25) is 4.72 Å². The molecule has 1 aromatic carbocycles. The van der Waals surface area contributed by atoms with Crippen molar-refractivity contribution >= 4 is 12.8 Å². The number of rotatable bonds is 4. The van der Waals surface area contributed by atoms with Gasteiger partial charge in [-0.1, -0.05) is 79.0 Å². The van der Waals surface area contributed by atoms with Crippen molar-refractivity contribution in [3.05, 3.63) is 48.8 Å². The molecule has 1 atom stereocenters. The van der Waals surface area contributed by atoms with Crippen molar-refractivity contribution in [2.75, 3.05) is 0 Å². The average Bonchev–Trinajstić information content (AvgIpc) is 2.51. The third-order valence-corrected chi connectivity index (χ3v) is 2.96. The molecule has 1 rings (SSSR count). The van der Waals surface area contributed by atoms with Crippen LogP contribution in [0.3, 0.4) is 0 Å². The van der Waals surface area contributed by atoms with Crippen LogP contribution in [0.2, 0.25) is 0 Å². The summed E-state index contributed by atoms with van der Waals surface area (Å²) in [4.78, 5) is 0. The first kappa shape index (κ1) is 26.1. The number of hydrogen-bond donors (Lipinski definition) is 2. The van der Waals surface area contributed by atoms with Crippen LogP contribution in [-0.4, -0.2) is 0 Å². The van der Waals surface area contributed by atoms with Crippen molar-refractivity contribution in [2.24, 2.45) is 5.92 Å². The SMILES string of the molecule is C=C.CC.CC(C)C.CCC[C@](C)(NS)c1ccccc1F. The van der Waals surface area contributed by atoms with Crippen LogP contribution in [0, 0.1) is 11.7 Å². The normalized spacial score (nSPS) is 11.7. The highest BCUT2D eigenvalue weighted by Gasteiger charge is 2.26. The van der Waals surface area contributed by atoms with Crippen LogP contribution in [0.5, 0.6) is 0 Å². The Kier molecular flexibility index (Phi) is 19.7. The van der Waals surface area contributed by atoms with Gasteiger partial charge in [0.25, 0.3) is 0 Å². The van der Waals surface area contributed by atoms with E-state index in [0.29, 0.717) is 5.56 Å². The molecule has 0 fully saturated rings. The molecule has 1 N–H and O–H groups in total. The fraction of sp³-hybridized carbons (Fsp3) is 0.579. The Hall–Kier alpha value is -0.800. The Morgan fingerprint density at radius 1 is 1.18 bits per heavy atom. The molecule has 0 heterocycles. The summed E-state index contributed by atoms with van der Waals surface area (Å²) in [6, 6.07) is 6.82. The van der Waals surface area contributed by atoms with Crippen molar-refractivity contribution in [2.45, 2.75) is 66.8 Å². The summed E-state index contributed by atoms with van der Waals surface area (Å²) < 4.78 is 16.4. The van der Waals surface area contributed by atoms with Gasteiger partial charge in [0.2, 0.25) is 0 Å². The van der Waals surface area contributed by atoms with Crippen molar-refractivity contribution in [3.63, 3.8) is 0 Å². The summed E-state index contributed by atoms with van der Waals surface area (Å²) in [5, 5.41) is 0. The van der Waals surface area contributed by atoms with Crippen molar-refractivity contribution in [3.8, 4) is 0 Å². The Bertz CT molecular complexity index is 352. The van der Waals surface area contributed by atoms with Gasteiger partial charge in [-0.05, 0) is 25.3 Å². The quantitative estimate of drug-likeness (QED) is 0.459. The van der Waals surface area contributed by atoms with Crippen LogP contribution in [0.15, 0.2) is 37.4 Å². The van der Waals surface area contributed by atoms with E-state index in [2.05, 4.69) is 58.4 Å². The molecule has 0 aliphatic rings. The molecule has 3 heteroatoms. The van der Waals surface area contributed by atoms with Gasteiger partial charge in [0, 0.05) is 5.56 Å². The second-order valence-corrected chi connectivity index (χ2v) is 5.63. The molecule has 130 valence electrons. The summed E-state index contributed by atoms with van der Waals surface area (Å²) in [5.41, 5.74) is 0.292. The zero-order chi connectivity index (χ0) is 18.2. The standard InChI is InChI=1S/C11H16FNS.C4H10.C2H6.C2H4/c1-3-8-11(2,13-14)9-6-4-5-7-10(9)12;1-4(2)3;2*1-2/h4-7,13-14H,3,8H2,1-2H3;4H,1-3H3;1-2H3;1-2H2/t11-;;;/m0.../s1. The van der Waals surface area contributed by atoms with Gasteiger partial charge in [-0.15, -0.1) is 13.2 Å². The lowest BCUT2D eigenvalue weighted by molar-refractivity contribution is 0.395. The summed E-state index contributed by atoms with van der Waals surface area (Å²) in [5.74, 6) is 0.657. The van der Waals surface area contributed by atoms with Gasteiger partial charge in [0.05, 0.1) is 5.54 Å². The monoisotopic (exact) mass is 329 g/mol. The third kappa shape index (κ3) is 11.8. The van der Waals surface area contributed by atoms with Crippen molar-refractivity contribution < 1.29 is 4.39 Å². The molecule has 0 radical (unpaired) electrons. The van der Waals surface area contributed by atoms with Crippen LogP contribution in [0.25, 0.3) is 0 Å². The van der Waals surface area contributed by atoms with Gasteiger partial charge >= 0.3 is 0 Å². The highest BCUT2D eigenvalue weighted by Crippen LogP contribution is 2.28. The van der Waals surface area contributed by atoms with Gasteiger partial charge in [-0.25, -0.2) is 4.39 Å². The molecule has 0 aliphatic heterocycles. The Balaban J connectivity index is -0.000000383. The number of nitrogens with one attached hydrogen (secondary N) is 1. The second-order valence-electron chi connectivity index (χ2n) is 5.41. The molecule has 0 saturated heterocycles. The predicted molar refractivity (Wildman–Crippen MR) is 104 cm³/mol. The molecule has 0 aromatic heterocycles. The van der Waals surface area contributed by atoms with Crippen LogP contribution in [0.1, 0.15) is 66.9 Å². The lowest BCUT2D eigenvalue weighted by atomic mass is 9.88. The van der Waals surface area contributed by atoms with Gasteiger partial charge in [-0.2, -0.15) is 0 Å². The summed E-state index contributed by atoms with van der Waals surface area (Å²) in [6.45, 7) is 20.5. The van der Waals surface area contributed by atoms with Gasteiger partial charge in [0.1, 0.15) is 5.82 Å². The van der Waals surface area contributed by atoms with E-state index in [-0.39, 0.29) is 11.4 Å². The number of hydrogen-bond acceptors (Lipinski definition) is 2. The second kappa shape index (κ2) is 16.6. The van der Waals surface area contributed by atoms with Crippen molar-refractivity contribution in [1.29, 1.82) is 0 Å². The molecule has 0 unspecified atom stereocenters. The third-order valence-electron chi connectivity index (χ3n) is 2.47. The Labute approximate surface area is 144 Å². The molecule has 0 aliphatic carbocycles. The maximum atomic E-state index is 13.5. The first-order valence-electron chi connectivity index (χ1n) is 8.03. The number of halogens is 1. The van der Waals surface area contributed by atoms with E-state index in [1.54, 1.807) is 12.1 Å². The molecular formula is C19H36FNS. The lowest BCUT2D eigenvalue weighted by Crippen LogP contribution is -2.34. The number of benzene rings is 1. The van der Waals surface area contributed by atoms with Gasteiger partial charge in [0.15, 0.2) is 0 Å². The van der Waals surface area contributed by atoms with Gasteiger partial charge < -0.3 is 0 Å². The van der Waals surface area contributed by atoms with E-state index in [4.69, 9.17) is 0 Å². The first-order chi connectivity index (χ1) is 10.4. The fourth-order valence-electron chi connectivity index (χ4n) is 1.66. The first-order valence-corrected chi connectivity index (χ1v) is 8.48. The fourth-order valence-corrected chi connectivity index (χ4v) is 1.89. The van der Waals surface area contributed by atoms with Crippen LogP contribution < -0.4 is 4.72 Å². The minimum atomic E-state index is -0.386. The zero-order valence-corrected chi connectivity index (χ0v) is 16.4. The highest BCUT2D eigenvalue weighted by atomic mass is 32.1. The maximum absolute atomic E-state index is 13.5. The molecule has 0 amide bonds. The topological polar surface area (TPSA) is 12.0 Å². The minimum Gasteiger partial charge on any atom is -0.256 e. The Morgan fingerprint density at radius 3 is 1.91 bits per heavy atom.